The minimum atomic E-state index is 0.492. The molecule has 0 unspecified atom stereocenters. The van der Waals surface area contributed by atoms with E-state index < -0.39 is 0 Å². The predicted octanol–water partition coefficient (Wildman–Crippen LogP) is 4.08. The zero-order chi connectivity index (χ0) is 11.4. The normalized spacial score (nSPS) is 10.1. The Kier molecular flexibility index (Phi) is 3.80. The van der Waals surface area contributed by atoms with Gasteiger partial charge in [0.15, 0.2) is 0 Å². The van der Waals surface area contributed by atoms with Crippen LogP contribution in [-0.2, 0) is 6.61 Å². The molecule has 0 fully saturated rings. The van der Waals surface area contributed by atoms with Crippen molar-refractivity contribution in [3.05, 3.63) is 57.7 Å². The summed E-state index contributed by atoms with van der Waals surface area (Å²) in [6.07, 6.45) is 1.71. The van der Waals surface area contributed by atoms with Crippen LogP contribution in [0.1, 0.15) is 5.56 Å². The Morgan fingerprint density at radius 3 is 2.50 bits per heavy atom. The van der Waals surface area contributed by atoms with Gasteiger partial charge in [0, 0.05) is 21.8 Å². The summed E-state index contributed by atoms with van der Waals surface area (Å²) in [7, 11) is 0. The molecule has 1 heterocycles. The van der Waals surface area contributed by atoms with E-state index in [1.165, 1.54) is 0 Å². The Balaban J connectivity index is 1.97. The van der Waals surface area contributed by atoms with Gasteiger partial charge in [0.2, 0.25) is 5.88 Å². The zero-order valence-electron chi connectivity index (χ0n) is 8.36. The molecule has 0 saturated heterocycles. The van der Waals surface area contributed by atoms with Crippen LogP contribution >= 0.6 is 27.5 Å². The molecule has 4 heteroatoms. The highest BCUT2D eigenvalue weighted by molar-refractivity contribution is 9.10. The van der Waals surface area contributed by atoms with E-state index in [0.717, 1.165) is 15.1 Å². The summed E-state index contributed by atoms with van der Waals surface area (Å²) < 4.78 is 6.45. The van der Waals surface area contributed by atoms with E-state index in [9.17, 15) is 0 Å². The van der Waals surface area contributed by atoms with Crippen molar-refractivity contribution in [2.24, 2.45) is 0 Å². The smallest absolute Gasteiger partial charge is 0.213 e. The molecule has 0 amide bonds. The van der Waals surface area contributed by atoms with E-state index in [4.69, 9.17) is 16.3 Å². The fourth-order valence-corrected chi connectivity index (χ4v) is 1.55. The first-order valence-electron chi connectivity index (χ1n) is 4.73. The van der Waals surface area contributed by atoms with Crippen molar-refractivity contribution in [2.45, 2.75) is 6.61 Å². The number of benzene rings is 1. The third-order valence-electron chi connectivity index (χ3n) is 2.00. The lowest BCUT2D eigenvalue weighted by atomic mass is 10.2. The van der Waals surface area contributed by atoms with Crippen molar-refractivity contribution in [3.8, 4) is 5.88 Å². The van der Waals surface area contributed by atoms with Crippen LogP contribution in [-0.4, -0.2) is 4.98 Å². The summed E-state index contributed by atoms with van der Waals surface area (Å²) in [4.78, 5) is 4.12. The van der Waals surface area contributed by atoms with Crippen molar-refractivity contribution in [3.63, 3.8) is 0 Å². The van der Waals surface area contributed by atoms with Crippen molar-refractivity contribution in [2.75, 3.05) is 0 Å². The number of nitrogens with zero attached hydrogens (tertiary/aromatic N) is 1. The number of hydrogen-bond donors (Lipinski definition) is 0. The van der Waals surface area contributed by atoms with Crippen molar-refractivity contribution in [1.82, 2.24) is 4.98 Å². The minimum absolute atomic E-state index is 0.492. The van der Waals surface area contributed by atoms with Crippen LogP contribution in [0.4, 0.5) is 0 Å². The van der Waals surface area contributed by atoms with Crippen LogP contribution in [0.3, 0.4) is 0 Å². The fourth-order valence-electron chi connectivity index (χ4n) is 1.19. The average Bonchev–Trinajstić information content (AvgIpc) is 2.30. The third-order valence-corrected chi connectivity index (χ3v) is 2.72. The van der Waals surface area contributed by atoms with E-state index in [1.807, 2.05) is 36.4 Å². The highest BCUT2D eigenvalue weighted by atomic mass is 79.9. The lowest BCUT2D eigenvalue weighted by Crippen LogP contribution is -1.96. The number of aromatic nitrogens is 1. The molecule has 1 aromatic carbocycles. The molecule has 2 nitrogen and oxygen atoms in total. The van der Waals surface area contributed by atoms with Gasteiger partial charge in [-0.15, -0.1) is 0 Å². The maximum Gasteiger partial charge on any atom is 0.213 e. The molecular formula is C12H9BrClNO. The van der Waals surface area contributed by atoms with Crippen molar-refractivity contribution in [1.29, 1.82) is 0 Å². The fraction of sp³-hybridized carbons (Fsp3) is 0.0833. The molecule has 0 radical (unpaired) electrons. The molecule has 0 saturated carbocycles. The summed E-state index contributed by atoms with van der Waals surface area (Å²) in [6, 6.07) is 11.3. The van der Waals surface area contributed by atoms with Crippen LogP contribution in [0.15, 0.2) is 47.1 Å². The summed E-state index contributed by atoms with van der Waals surface area (Å²) in [5, 5.41) is 0.727. The number of ether oxygens (including phenoxy) is 1. The zero-order valence-corrected chi connectivity index (χ0v) is 10.7. The Hall–Kier alpha value is -1.06. The van der Waals surface area contributed by atoms with Gasteiger partial charge in [0.25, 0.3) is 0 Å². The highest BCUT2D eigenvalue weighted by Gasteiger charge is 1.97. The van der Waals surface area contributed by atoms with Gasteiger partial charge in [0.1, 0.15) is 6.61 Å². The van der Waals surface area contributed by atoms with Gasteiger partial charge >= 0.3 is 0 Å². The van der Waals surface area contributed by atoms with Crippen LogP contribution in [0, 0.1) is 0 Å². The topological polar surface area (TPSA) is 22.1 Å². The van der Waals surface area contributed by atoms with Gasteiger partial charge in [0.05, 0.1) is 0 Å². The third kappa shape index (κ3) is 3.22. The van der Waals surface area contributed by atoms with Crippen LogP contribution < -0.4 is 4.74 Å². The van der Waals surface area contributed by atoms with Gasteiger partial charge in [-0.1, -0.05) is 23.7 Å². The monoisotopic (exact) mass is 297 g/mol. The maximum atomic E-state index is 5.79. The SMILES string of the molecule is Clc1ccc(COc2ccc(Br)cn2)cc1. The molecule has 0 spiro atoms. The number of pyridine rings is 1. The number of rotatable bonds is 3. The Bertz CT molecular complexity index is 410. The molecule has 1 aromatic heterocycles. The molecule has 0 bridgehead atoms. The second-order valence-electron chi connectivity index (χ2n) is 3.23. The molecule has 2 aromatic rings. The summed E-state index contributed by atoms with van der Waals surface area (Å²) in [5.74, 6) is 0.609. The average molecular weight is 299 g/mol. The van der Waals surface area contributed by atoms with E-state index in [1.54, 1.807) is 6.20 Å². The summed E-state index contributed by atoms with van der Waals surface area (Å²) in [6.45, 7) is 0.492. The van der Waals surface area contributed by atoms with E-state index >= 15 is 0 Å². The molecule has 16 heavy (non-hydrogen) atoms. The Morgan fingerprint density at radius 2 is 1.88 bits per heavy atom. The Labute approximate surface area is 107 Å². The van der Waals surface area contributed by atoms with Crippen LogP contribution in [0.5, 0.6) is 5.88 Å². The molecule has 2 rings (SSSR count). The first kappa shape index (κ1) is 11.4. The van der Waals surface area contributed by atoms with E-state index in [2.05, 4.69) is 20.9 Å². The number of halogens is 2. The first-order chi connectivity index (χ1) is 7.74. The van der Waals surface area contributed by atoms with Gasteiger partial charge in [-0.3, -0.25) is 0 Å². The van der Waals surface area contributed by atoms with Gasteiger partial charge in [-0.25, -0.2) is 4.98 Å². The van der Waals surface area contributed by atoms with Crippen LogP contribution in [0.25, 0.3) is 0 Å². The maximum absolute atomic E-state index is 5.79. The second-order valence-corrected chi connectivity index (χ2v) is 4.58. The standard InChI is InChI=1S/C12H9BrClNO/c13-10-3-6-12(15-7-10)16-8-9-1-4-11(14)5-2-9/h1-7H,8H2. The van der Waals surface area contributed by atoms with Gasteiger partial charge in [-0.2, -0.15) is 0 Å². The lowest BCUT2D eigenvalue weighted by Gasteiger charge is -2.05. The molecule has 82 valence electrons. The molecule has 0 atom stereocenters. The van der Waals surface area contributed by atoms with E-state index in [-0.39, 0.29) is 0 Å². The van der Waals surface area contributed by atoms with Crippen molar-refractivity contribution >= 4 is 27.5 Å². The predicted molar refractivity (Wildman–Crippen MR) is 67.7 cm³/mol. The Morgan fingerprint density at radius 1 is 1.12 bits per heavy atom. The van der Waals surface area contributed by atoms with Gasteiger partial charge in [-0.05, 0) is 39.7 Å². The molecule has 0 N–H and O–H groups in total. The van der Waals surface area contributed by atoms with E-state index in [0.29, 0.717) is 12.5 Å². The number of hydrogen-bond acceptors (Lipinski definition) is 2. The molecule has 0 aliphatic rings. The summed E-state index contributed by atoms with van der Waals surface area (Å²) in [5.41, 5.74) is 1.06. The molecule has 0 aliphatic heterocycles. The first-order valence-corrected chi connectivity index (χ1v) is 5.90. The van der Waals surface area contributed by atoms with Gasteiger partial charge < -0.3 is 4.74 Å². The lowest BCUT2D eigenvalue weighted by molar-refractivity contribution is 0.294. The largest absolute Gasteiger partial charge is 0.473 e. The summed E-state index contributed by atoms with van der Waals surface area (Å²) >= 11 is 9.10. The molecule has 0 aliphatic carbocycles. The van der Waals surface area contributed by atoms with Crippen LogP contribution in [0.2, 0.25) is 5.02 Å². The molecular weight excluding hydrogens is 289 g/mol. The van der Waals surface area contributed by atoms with Crippen molar-refractivity contribution < 1.29 is 4.74 Å². The second kappa shape index (κ2) is 5.32. The quantitative estimate of drug-likeness (QED) is 0.852. The highest BCUT2D eigenvalue weighted by Crippen LogP contribution is 2.15. The minimum Gasteiger partial charge on any atom is -0.473 e.